The number of alkyl halides is 3. The Hall–Kier alpha value is -0.290. The number of unbranched alkanes of at least 4 members (excludes halogenated alkanes) is 2. The van der Waals surface area contributed by atoms with Crippen molar-refractivity contribution in [1.82, 2.24) is 10.2 Å². The highest BCUT2D eigenvalue weighted by Crippen LogP contribution is 2.15. The number of nitrogens with one attached hydrogen (secondary N) is 1. The summed E-state index contributed by atoms with van der Waals surface area (Å²) in [5, 5.41) is 3.16. The highest BCUT2D eigenvalue weighted by atomic mass is 19.4. The van der Waals surface area contributed by atoms with E-state index in [4.69, 9.17) is 0 Å². The van der Waals surface area contributed by atoms with Gasteiger partial charge in [-0.15, -0.1) is 0 Å². The van der Waals surface area contributed by atoms with E-state index in [0.29, 0.717) is 19.6 Å². The largest absolute Gasteiger partial charge is 0.401 e. The van der Waals surface area contributed by atoms with Gasteiger partial charge in [0.15, 0.2) is 0 Å². The van der Waals surface area contributed by atoms with E-state index >= 15 is 0 Å². The van der Waals surface area contributed by atoms with Gasteiger partial charge < -0.3 is 5.32 Å². The van der Waals surface area contributed by atoms with Crippen LogP contribution in [0.4, 0.5) is 13.2 Å². The molecule has 0 rings (SSSR count). The highest BCUT2D eigenvalue weighted by molar-refractivity contribution is 4.63. The van der Waals surface area contributed by atoms with Crippen molar-refractivity contribution in [2.75, 3.05) is 32.7 Å². The van der Waals surface area contributed by atoms with Gasteiger partial charge in [0.1, 0.15) is 0 Å². The van der Waals surface area contributed by atoms with E-state index in [1.54, 1.807) is 6.92 Å². The minimum atomic E-state index is -4.09. The Balaban J connectivity index is 3.48. The van der Waals surface area contributed by atoms with Crippen molar-refractivity contribution in [3.8, 4) is 0 Å². The highest BCUT2D eigenvalue weighted by Gasteiger charge is 2.29. The fourth-order valence-electron chi connectivity index (χ4n) is 1.46. The zero-order valence-corrected chi connectivity index (χ0v) is 10.2. The smallest absolute Gasteiger partial charge is 0.315 e. The third kappa shape index (κ3) is 10.2. The molecule has 0 amide bonds. The van der Waals surface area contributed by atoms with E-state index in [-0.39, 0.29) is 0 Å². The first-order valence-corrected chi connectivity index (χ1v) is 5.99. The lowest BCUT2D eigenvalue weighted by atomic mass is 10.2. The van der Waals surface area contributed by atoms with Gasteiger partial charge in [-0.3, -0.25) is 4.90 Å². The molecule has 0 aliphatic carbocycles. The molecule has 0 radical (unpaired) electrons. The molecule has 0 heterocycles. The standard InChI is InChI=1S/C11H23F3N2/c1-3-5-6-7-15-8-9-16(4-2)10-11(12,13)14/h15H,3-10H2,1-2H3. The number of nitrogens with zero attached hydrogens (tertiary/aromatic N) is 1. The van der Waals surface area contributed by atoms with Gasteiger partial charge in [0.2, 0.25) is 0 Å². The van der Waals surface area contributed by atoms with Crippen molar-refractivity contribution < 1.29 is 13.2 Å². The lowest BCUT2D eigenvalue weighted by molar-refractivity contribution is -0.145. The van der Waals surface area contributed by atoms with Crippen LogP contribution in [-0.2, 0) is 0 Å². The fourth-order valence-corrected chi connectivity index (χ4v) is 1.46. The minimum absolute atomic E-state index is 0.441. The summed E-state index contributed by atoms with van der Waals surface area (Å²) >= 11 is 0. The van der Waals surface area contributed by atoms with E-state index in [1.165, 1.54) is 11.3 Å². The SMILES string of the molecule is CCCCCNCCN(CC)CC(F)(F)F. The summed E-state index contributed by atoms with van der Waals surface area (Å²) in [6, 6.07) is 0. The first kappa shape index (κ1) is 15.7. The Morgan fingerprint density at radius 2 is 1.75 bits per heavy atom. The molecule has 2 nitrogen and oxygen atoms in total. The van der Waals surface area contributed by atoms with E-state index in [0.717, 1.165) is 19.4 Å². The Labute approximate surface area is 96.2 Å². The van der Waals surface area contributed by atoms with E-state index in [9.17, 15) is 13.2 Å². The molecule has 98 valence electrons. The third-order valence-corrected chi connectivity index (χ3v) is 2.41. The molecular formula is C11H23F3N2. The Morgan fingerprint density at radius 3 is 2.25 bits per heavy atom. The predicted octanol–water partition coefficient (Wildman–Crippen LogP) is 2.65. The van der Waals surface area contributed by atoms with Crippen molar-refractivity contribution in [1.29, 1.82) is 0 Å². The van der Waals surface area contributed by atoms with Crippen molar-refractivity contribution in [2.24, 2.45) is 0 Å². The van der Waals surface area contributed by atoms with Crippen LogP contribution >= 0.6 is 0 Å². The summed E-state index contributed by atoms with van der Waals surface area (Å²) in [4.78, 5) is 1.41. The molecule has 0 unspecified atom stereocenters. The molecule has 16 heavy (non-hydrogen) atoms. The maximum Gasteiger partial charge on any atom is 0.401 e. The average Bonchev–Trinajstić information content (AvgIpc) is 2.19. The van der Waals surface area contributed by atoms with Crippen molar-refractivity contribution in [3.63, 3.8) is 0 Å². The monoisotopic (exact) mass is 240 g/mol. The van der Waals surface area contributed by atoms with Gasteiger partial charge in [0.05, 0.1) is 6.54 Å². The van der Waals surface area contributed by atoms with Crippen LogP contribution in [-0.4, -0.2) is 43.8 Å². The molecule has 1 N–H and O–H groups in total. The summed E-state index contributed by atoms with van der Waals surface area (Å²) in [6.07, 6.45) is -0.649. The molecule has 0 aromatic heterocycles. The number of likely N-dealkylation sites (N-methyl/N-ethyl adjacent to an activating group) is 1. The van der Waals surface area contributed by atoms with Crippen LogP contribution in [0.5, 0.6) is 0 Å². The van der Waals surface area contributed by atoms with E-state index in [2.05, 4.69) is 12.2 Å². The average molecular weight is 240 g/mol. The zero-order chi connectivity index (χ0) is 12.4. The minimum Gasteiger partial charge on any atom is -0.315 e. The normalized spacial score (nSPS) is 12.4. The number of rotatable bonds is 9. The van der Waals surface area contributed by atoms with Crippen LogP contribution in [0.25, 0.3) is 0 Å². The summed E-state index contributed by atoms with van der Waals surface area (Å²) in [5.74, 6) is 0. The summed E-state index contributed by atoms with van der Waals surface area (Å²) < 4.78 is 36.3. The summed E-state index contributed by atoms with van der Waals surface area (Å²) in [5.41, 5.74) is 0. The molecule has 0 bridgehead atoms. The molecule has 0 fully saturated rings. The zero-order valence-electron chi connectivity index (χ0n) is 10.2. The maximum absolute atomic E-state index is 12.1. The second-order valence-electron chi connectivity index (χ2n) is 3.94. The Bertz CT molecular complexity index is 160. The Kier molecular flexibility index (Phi) is 8.66. The van der Waals surface area contributed by atoms with Gasteiger partial charge >= 0.3 is 6.18 Å². The predicted molar refractivity (Wildman–Crippen MR) is 60.6 cm³/mol. The van der Waals surface area contributed by atoms with Crippen LogP contribution in [0, 0.1) is 0 Å². The Morgan fingerprint density at radius 1 is 1.06 bits per heavy atom. The molecule has 0 aromatic carbocycles. The molecule has 0 saturated heterocycles. The number of hydrogen-bond acceptors (Lipinski definition) is 2. The van der Waals surface area contributed by atoms with Crippen molar-refractivity contribution in [2.45, 2.75) is 39.3 Å². The second-order valence-corrected chi connectivity index (χ2v) is 3.94. The van der Waals surface area contributed by atoms with Crippen molar-refractivity contribution in [3.05, 3.63) is 0 Å². The van der Waals surface area contributed by atoms with Gasteiger partial charge in [0.25, 0.3) is 0 Å². The number of hydrogen-bond donors (Lipinski definition) is 1. The van der Waals surface area contributed by atoms with E-state index < -0.39 is 12.7 Å². The van der Waals surface area contributed by atoms with Gasteiger partial charge in [-0.25, -0.2) is 0 Å². The molecule has 5 heteroatoms. The second kappa shape index (κ2) is 8.82. The molecule has 0 spiro atoms. The molecule has 0 aliphatic rings. The molecular weight excluding hydrogens is 217 g/mol. The molecule has 0 aliphatic heterocycles. The van der Waals surface area contributed by atoms with Crippen LogP contribution in [0.1, 0.15) is 33.1 Å². The third-order valence-electron chi connectivity index (χ3n) is 2.41. The van der Waals surface area contributed by atoms with Crippen LogP contribution in [0.3, 0.4) is 0 Å². The van der Waals surface area contributed by atoms with Gasteiger partial charge in [0, 0.05) is 13.1 Å². The van der Waals surface area contributed by atoms with Crippen LogP contribution in [0.15, 0.2) is 0 Å². The topological polar surface area (TPSA) is 15.3 Å². The first-order valence-electron chi connectivity index (χ1n) is 5.99. The van der Waals surface area contributed by atoms with Crippen LogP contribution < -0.4 is 5.32 Å². The van der Waals surface area contributed by atoms with Crippen molar-refractivity contribution >= 4 is 0 Å². The van der Waals surface area contributed by atoms with E-state index in [1.807, 2.05) is 0 Å². The van der Waals surface area contributed by atoms with Gasteiger partial charge in [-0.05, 0) is 19.5 Å². The lowest BCUT2D eigenvalue weighted by Crippen LogP contribution is -2.38. The molecule has 0 atom stereocenters. The fraction of sp³-hybridized carbons (Fsp3) is 1.00. The quantitative estimate of drug-likeness (QED) is 0.623. The molecule has 0 aromatic rings. The summed E-state index contributed by atoms with van der Waals surface area (Å²) in [6.45, 7) is 5.51. The van der Waals surface area contributed by atoms with Gasteiger partial charge in [-0.2, -0.15) is 13.2 Å². The van der Waals surface area contributed by atoms with Crippen LogP contribution in [0.2, 0.25) is 0 Å². The number of halogens is 3. The maximum atomic E-state index is 12.1. The molecule has 0 saturated carbocycles. The first-order chi connectivity index (χ1) is 7.49. The van der Waals surface area contributed by atoms with Gasteiger partial charge in [-0.1, -0.05) is 26.7 Å². The summed E-state index contributed by atoms with van der Waals surface area (Å²) in [7, 11) is 0. The lowest BCUT2D eigenvalue weighted by Gasteiger charge is -2.21.